The van der Waals surface area contributed by atoms with Crippen molar-refractivity contribution < 1.29 is 18.7 Å². The Morgan fingerprint density at radius 1 is 1.06 bits per heavy atom. The van der Waals surface area contributed by atoms with Gasteiger partial charge in [-0.15, -0.1) is 5.10 Å². The fourth-order valence-electron chi connectivity index (χ4n) is 3.68. The molecule has 0 bridgehead atoms. The Balaban J connectivity index is 1.56. The first-order chi connectivity index (χ1) is 15.9. The normalized spacial score (nSPS) is 14.2. The maximum atomic E-state index is 13.2. The Kier molecular flexibility index (Phi) is 6.36. The molecule has 0 atom stereocenters. The molecule has 0 unspecified atom stereocenters. The summed E-state index contributed by atoms with van der Waals surface area (Å²) in [7, 11) is 3.51. The summed E-state index contributed by atoms with van der Waals surface area (Å²) < 4.78 is 20.1. The minimum Gasteiger partial charge on any atom is -0.495 e. The fourth-order valence-corrected chi connectivity index (χ4v) is 3.68. The number of hydrogen-bond donors (Lipinski definition) is 1. The SMILES string of the molecule is COc1ccc(C(=O)N2CCN(C)CC2)cc1NC(=O)c1nnn(-c2ccc(F)cc2)c1C. The molecule has 0 radical (unpaired) electrons. The van der Waals surface area contributed by atoms with Crippen LogP contribution in [0.5, 0.6) is 5.75 Å². The van der Waals surface area contributed by atoms with Crippen LogP contribution in [0, 0.1) is 12.7 Å². The first-order valence-corrected chi connectivity index (χ1v) is 10.5. The van der Waals surface area contributed by atoms with Crippen LogP contribution in [-0.2, 0) is 0 Å². The van der Waals surface area contributed by atoms with E-state index in [1.54, 1.807) is 42.2 Å². The number of carbonyl (C=O) groups is 2. The Morgan fingerprint density at radius 2 is 1.76 bits per heavy atom. The lowest BCUT2D eigenvalue weighted by atomic mass is 10.1. The number of carbonyl (C=O) groups excluding carboxylic acids is 2. The molecule has 1 aliphatic rings. The average Bonchev–Trinajstić information content (AvgIpc) is 3.21. The van der Waals surface area contributed by atoms with Gasteiger partial charge < -0.3 is 19.9 Å². The summed E-state index contributed by atoms with van der Waals surface area (Å²) in [5.41, 5.74) is 2.00. The number of hydrogen-bond acceptors (Lipinski definition) is 6. The highest BCUT2D eigenvalue weighted by Crippen LogP contribution is 2.27. The number of aromatic nitrogens is 3. The molecule has 1 aromatic heterocycles. The summed E-state index contributed by atoms with van der Waals surface area (Å²) >= 11 is 0. The van der Waals surface area contributed by atoms with Gasteiger partial charge in [-0.05, 0) is 56.4 Å². The predicted molar refractivity (Wildman–Crippen MR) is 120 cm³/mol. The molecule has 3 aromatic rings. The van der Waals surface area contributed by atoms with Crippen molar-refractivity contribution in [2.24, 2.45) is 0 Å². The summed E-state index contributed by atoms with van der Waals surface area (Å²) in [5, 5.41) is 10.8. The van der Waals surface area contributed by atoms with Crippen LogP contribution in [0.15, 0.2) is 42.5 Å². The molecule has 1 saturated heterocycles. The van der Waals surface area contributed by atoms with Gasteiger partial charge in [0.1, 0.15) is 11.6 Å². The van der Waals surface area contributed by atoms with Crippen molar-refractivity contribution in [3.8, 4) is 11.4 Å². The second-order valence-corrected chi connectivity index (χ2v) is 7.88. The van der Waals surface area contributed by atoms with Gasteiger partial charge in [-0.1, -0.05) is 5.21 Å². The number of nitrogens with zero attached hydrogens (tertiary/aromatic N) is 5. The van der Waals surface area contributed by atoms with Crippen LogP contribution >= 0.6 is 0 Å². The zero-order chi connectivity index (χ0) is 23.5. The number of piperazine rings is 1. The third-order valence-corrected chi connectivity index (χ3v) is 5.67. The molecule has 9 nitrogen and oxygen atoms in total. The van der Waals surface area contributed by atoms with E-state index in [0.29, 0.717) is 41.5 Å². The lowest BCUT2D eigenvalue weighted by Gasteiger charge is -2.32. The van der Waals surface area contributed by atoms with Gasteiger partial charge in [0.05, 0.1) is 24.2 Å². The van der Waals surface area contributed by atoms with Crippen molar-refractivity contribution in [3.05, 3.63) is 65.2 Å². The molecule has 4 rings (SSSR count). The molecule has 2 amide bonds. The molecule has 172 valence electrons. The van der Waals surface area contributed by atoms with Gasteiger partial charge in [-0.25, -0.2) is 9.07 Å². The maximum Gasteiger partial charge on any atom is 0.278 e. The Hall–Kier alpha value is -3.79. The third-order valence-electron chi connectivity index (χ3n) is 5.67. The van der Waals surface area contributed by atoms with Crippen LogP contribution in [0.1, 0.15) is 26.5 Å². The largest absolute Gasteiger partial charge is 0.495 e. The molecule has 0 saturated carbocycles. The number of rotatable bonds is 5. The van der Waals surface area contributed by atoms with Crippen molar-refractivity contribution in [2.45, 2.75) is 6.92 Å². The summed E-state index contributed by atoms with van der Waals surface area (Å²) in [4.78, 5) is 29.9. The van der Waals surface area contributed by atoms with Gasteiger partial charge in [0.15, 0.2) is 5.69 Å². The van der Waals surface area contributed by atoms with E-state index < -0.39 is 5.91 Å². The van der Waals surface area contributed by atoms with E-state index in [2.05, 4.69) is 20.5 Å². The highest BCUT2D eigenvalue weighted by atomic mass is 19.1. The molecular formula is C23H25FN6O3. The number of nitrogens with one attached hydrogen (secondary N) is 1. The van der Waals surface area contributed by atoms with Gasteiger partial charge in [-0.3, -0.25) is 9.59 Å². The van der Waals surface area contributed by atoms with Gasteiger partial charge >= 0.3 is 0 Å². The highest BCUT2D eigenvalue weighted by molar-refractivity contribution is 6.05. The minimum atomic E-state index is -0.497. The molecule has 0 spiro atoms. The van der Waals surface area contributed by atoms with Gasteiger partial charge in [0, 0.05) is 31.7 Å². The predicted octanol–water partition coefficient (Wildman–Crippen LogP) is 2.36. The first-order valence-electron chi connectivity index (χ1n) is 10.5. The van der Waals surface area contributed by atoms with E-state index in [0.717, 1.165) is 13.1 Å². The molecular weight excluding hydrogens is 427 g/mol. The molecule has 2 aromatic carbocycles. The van der Waals surface area contributed by atoms with E-state index >= 15 is 0 Å². The van der Waals surface area contributed by atoms with Crippen molar-refractivity contribution >= 4 is 17.5 Å². The molecule has 1 fully saturated rings. The maximum absolute atomic E-state index is 13.2. The molecule has 1 aliphatic heterocycles. The van der Waals surface area contributed by atoms with Crippen molar-refractivity contribution in [1.29, 1.82) is 0 Å². The van der Waals surface area contributed by atoms with Gasteiger partial charge in [0.25, 0.3) is 11.8 Å². The zero-order valence-corrected chi connectivity index (χ0v) is 18.7. The van der Waals surface area contributed by atoms with Crippen LogP contribution in [0.3, 0.4) is 0 Å². The summed E-state index contributed by atoms with van der Waals surface area (Å²) in [6, 6.07) is 10.7. The van der Waals surface area contributed by atoms with Crippen molar-refractivity contribution in [1.82, 2.24) is 24.8 Å². The fraction of sp³-hybridized carbons (Fsp3) is 0.304. The third kappa shape index (κ3) is 4.70. The zero-order valence-electron chi connectivity index (χ0n) is 18.7. The molecule has 33 heavy (non-hydrogen) atoms. The number of amides is 2. The Morgan fingerprint density at radius 3 is 2.42 bits per heavy atom. The number of ether oxygens (including phenoxy) is 1. The number of methoxy groups -OCH3 is 1. The number of halogens is 1. The van der Waals surface area contributed by atoms with E-state index in [1.165, 1.54) is 23.9 Å². The molecule has 10 heteroatoms. The van der Waals surface area contributed by atoms with Crippen LogP contribution in [0.4, 0.5) is 10.1 Å². The topological polar surface area (TPSA) is 92.6 Å². The lowest BCUT2D eigenvalue weighted by Crippen LogP contribution is -2.47. The molecule has 2 heterocycles. The average molecular weight is 452 g/mol. The summed E-state index contributed by atoms with van der Waals surface area (Å²) in [5.74, 6) is -0.544. The minimum absolute atomic E-state index is 0.0975. The molecule has 0 aliphatic carbocycles. The van der Waals surface area contributed by atoms with Crippen molar-refractivity contribution in [2.75, 3.05) is 45.7 Å². The van der Waals surface area contributed by atoms with Crippen LogP contribution in [0.25, 0.3) is 5.69 Å². The van der Waals surface area contributed by atoms with E-state index in [-0.39, 0.29) is 17.4 Å². The van der Waals surface area contributed by atoms with E-state index in [9.17, 15) is 14.0 Å². The first kappa shape index (κ1) is 22.4. The van der Waals surface area contributed by atoms with E-state index in [1.807, 2.05) is 7.05 Å². The summed E-state index contributed by atoms with van der Waals surface area (Å²) in [6.07, 6.45) is 0. The Labute approximate surface area is 190 Å². The van der Waals surface area contributed by atoms with E-state index in [4.69, 9.17) is 4.74 Å². The highest BCUT2D eigenvalue weighted by Gasteiger charge is 2.23. The van der Waals surface area contributed by atoms with Gasteiger partial charge in [0.2, 0.25) is 0 Å². The lowest BCUT2D eigenvalue weighted by molar-refractivity contribution is 0.0664. The number of benzene rings is 2. The summed E-state index contributed by atoms with van der Waals surface area (Å²) in [6.45, 7) is 4.62. The smallest absolute Gasteiger partial charge is 0.278 e. The van der Waals surface area contributed by atoms with Crippen LogP contribution in [0.2, 0.25) is 0 Å². The Bertz CT molecular complexity index is 1170. The van der Waals surface area contributed by atoms with Crippen LogP contribution in [-0.4, -0.2) is 76.9 Å². The van der Waals surface area contributed by atoms with Gasteiger partial charge in [-0.2, -0.15) is 0 Å². The standard InChI is InChI=1S/C23H25FN6O3/c1-15-21(26-27-30(15)18-7-5-17(24)6-8-18)22(31)25-19-14-16(4-9-20(19)33-3)23(32)29-12-10-28(2)11-13-29/h4-9,14H,10-13H2,1-3H3,(H,25,31). The number of anilines is 1. The molecule has 1 N–H and O–H groups in total. The van der Waals surface area contributed by atoms with Crippen LogP contribution < -0.4 is 10.1 Å². The van der Waals surface area contributed by atoms with Crippen molar-refractivity contribution in [3.63, 3.8) is 0 Å². The second-order valence-electron chi connectivity index (χ2n) is 7.88. The number of likely N-dealkylation sites (N-methyl/N-ethyl adjacent to an activating group) is 1. The monoisotopic (exact) mass is 452 g/mol. The quantitative estimate of drug-likeness (QED) is 0.639. The second kappa shape index (κ2) is 9.37.